The van der Waals surface area contributed by atoms with Crippen LogP contribution in [0.1, 0.15) is 11.1 Å². The Balaban J connectivity index is 1.68. The molecular weight excluding hydrogens is 296 g/mol. The summed E-state index contributed by atoms with van der Waals surface area (Å²) < 4.78 is 21.9. The lowest BCUT2D eigenvalue weighted by Gasteiger charge is -2.21. The highest BCUT2D eigenvalue weighted by Crippen LogP contribution is 2.40. The summed E-state index contributed by atoms with van der Waals surface area (Å²) >= 11 is 0. The lowest BCUT2D eigenvalue weighted by atomic mass is 10.1. The molecule has 0 saturated carbocycles. The van der Waals surface area contributed by atoms with Crippen LogP contribution in [0.3, 0.4) is 0 Å². The third-order valence-corrected chi connectivity index (χ3v) is 3.58. The van der Waals surface area contributed by atoms with Gasteiger partial charge in [-0.15, -0.1) is 0 Å². The van der Waals surface area contributed by atoms with Crippen LogP contribution in [0.2, 0.25) is 0 Å². The fraction of sp³-hybridized carbons (Fsp3) is 0.353. The van der Waals surface area contributed by atoms with Crippen LogP contribution in [0.25, 0.3) is 0 Å². The number of benzene rings is 1. The fourth-order valence-corrected chi connectivity index (χ4v) is 2.51. The highest BCUT2D eigenvalue weighted by Gasteiger charge is 2.18. The van der Waals surface area contributed by atoms with Gasteiger partial charge in [-0.25, -0.2) is 4.98 Å². The molecular formula is C17H20N2O4. The quantitative estimate of drug-likeness (QED) is 0.881. The van der Waals surface area contributed by atoms with Crippen molar-refractivity contribution in [2.45, 2.75) is 13.1 Å². The van der Waals surface area contributed by atoms with E-state index in [2.05, 4.69) is 10.3 Å². The number of rotatable bonds is 6. The minimum Gasteiger partial charge on any atom is -0.493 e. The van der Waals surface area contributed by atoms with Crippen molar-refractivity contribution in [2.24, 2.45) is 0 Å². The number of aromatic nitrogens is 1. The summed E-state index contributed by atoms with van der Waals surface area (Å²) in [5, 5.41) is 3.38. The number of methoxy groups -OCH3 is 2. The van der Waals surface area contributed by atoms with Crippen molar-refractivity contribution in [3.8, 4) is 23.1 Å². The Morgan fingerprint density at radius 2 is 2.00 bits per heavy atom. The summed E-state index contributed by atoms with van der Waals surface area (Å²) in [4.78, 5) is 4.19. The Bertz CT molecular complexity index is 658. The van der Waals surface area contributed by atoms with E-state index in [9.17, 15) is 0 Å². The molecule has 0 bridgehead atoms. The van der Waals surface area contributed by atoms with E-state index in [1.807, 2.05) is 24.3 Å². The molecule has 0 fully saturated rings. The molecule has 0 aliphatic carbocycles. The number of nitrogens with one attached hydrogen (secondary N) is 1. The van der Waals surface area contributed by atoms with Crippen molar-refractivity contribution in [1.29, 1.82) is 0 Å². The van der Waals surface area contributed by atoms with Gasteiger partial charge in [-0.2, -0.15) is 0 Å². The molecule has 122 valence electrons. The van der Waals surface area contributed by atoms with Crippen LogP contribution in [0.15, 0.2) is 30.5 Å². The molecule has 2 aromatic rings. The summed E-state index contributed by atoms with van der Waals surface area (Å²) in [5.74, 6) is 2.74. The van der Waals surface area contributed by atoms with Gasteiger partial charge in [-0.1, -0.05) is 6.07 Å². The van der Waals surface area contributed by atoms with Gasteiger partial charge >= 0.3 is 0 Å². The smallest absolute Gasteiger partial charge is 0.217 e. The normalized spacial score (nSPS) is 12.8. The lowest BCUT2D eigenvalue weighted by Crippen LogP contribution is -2.17. The third-order valence-electron chi connectivity index (χ3n) is 3.58. The van der Waals surface area contributed by atoms with Crippen LogP contribution in [0.5, 0.6) is 23.1 Å². The number of ether oxygens (including phenoxy) is 4. The van der Waals surface area contributed by atoms with Gasteiger partial charge in [0.15, 0.2) is 11.5 Å². The van der Waals surface area contributed by atoms with Crippen molar-refractivity contribution in [3.63, 3.8) is 0 Å². The summed E-state index contributed by atoms with van der Waals surface area (Å²) in [6.45, 7) is 2.43. The van der Waals surface area contributed by atoms with Gasteiger partial charge in [0, 0.05) is 24.8 Å². The summed E-state index contributed by atoms with van der Waals surface area (Å²) in [6.07, 6.45) is 1.72. The van der Waals surface area contributed by atoms with Crippen LogP contribution < -0.4 is 24.3 Å². The second kappa shape index (κ2) is 7.19. The third kappa shape index (κ3) is 3.48. The average Bonchev–Trinajstić information content (AvgIpc) is 2.61. The number of hydrogen-bond donors (Lipinski definition) is 1. The van der Waals surface area contributed by atoms with E-state index in [1.165, 1.54) is 0 Å². The molecule has 0 amide bonds. The van der Waals surface area contributed by atoms with E-state index in [-0.39, 0.29) is 0 Å². The van der Waals surface area contributed by atoms with E-state index < -0.39 is 0 Å². The molecule has 0 saturated heterocycles. The molecule has 0 radical (unpaired) electrons. The van der Waals surface area contributed by atoms with E-state index in [0.717, 1.165) is 16.9 Å². The fourth-order valence-electron chi connectivity index (χ4n) is 2.51. The second-order valence-corrected chi connectivity index (χ2v) is 5.10. The van der Waals surface area contributed by atoms with Crippen LogP contribution >= 0.6 is 0 Å². The minimum absolute atomic E-state index is 0.543. The number of hydrogen-bond acceptors (Lipinski definition) is 6. The predicted octanol–water partition coefficient (Wildman–Crippen LogP) is 2.16. The number of nitrogens with zero attached hydrogens (tertiary/aromatic N) is 1. The van der Waals surface area contributed by atoms with Crippen molar-refractivity contribution >= 4 is 0 Å². The Labute approximate surface area is 135 Å². The maximum Gasteiger partial charge on any atom is 0.217 e. The molecule has 0 spiro atoms. The highest BCUT2D eigenvalue weighted by molar-refractivity contribution is 5.54. The molecule has 6 heteroatoms. The molecule has 0 atom stereocenters. The van der Waals surface area contributed by atoms with Gasteiger partial charge in [0.25, 0.3) is 0 Å². The van der Waals surface area contributed by atoms with Gasteiger partial charge < -0.3 is 24.3 Å². The first-order valence-corrected chi connectivity index (χ1v) is 7.47. The number of fused-ring (bicyclic) bond motifs is 1. The first-order chi connectivity index (χ1) is 11.3. The summed E-state index contributed by atoms with van der Waals surface area (Å²) in [5.41, 5.74) is 2.08. The molecule has 2 heterocycles. The van der Waals surface area contributed by atoms with Crippen molar-refractivity contribution in [1.82, 2.24) is 10.3 Å². The molecule has 1 aromatic carbocycles. The molecule has 1 N–H and O–H groups in total. The molecule has 1 aromatic heterocycles. The van der Waals surface area contributed by atoms with Gasteiger partial charge in [0.1, 0.15) is 13.2 Å². The maximum atomic E-state index is 5.64. The SMILES string of the molecule is COc1cc(CNCc2cccnc2OC)cc2c1OCCO2. The molecule has 0 unspecified atom stereocenters. The van der Waals surface area contributed by atoms with Crippen LogP contribution in [0, 0.1) is 0 Å². The zero-order valence-electron chi connectivity index (χ0n) is 13.3. The van der Waals surface area contributed by atoms with E-state index in [1.54, 1.807) is 20.4 Å². The van der Waals surface area contributed by atoms with E-state index in [0.29, 0.717) is 43.7 Å². The molecule has 3 rings (SSSR count). The van der Waals surface area contributed by atoms with E-state index in [4.69, 9.17) is 18.9 Å². The summed E-state index contributed by atoms with van der Waals surface area (Å²) in [6, 6.07) is 7.82. The van der Waals surface area contributed by atoms with Crippen molar-refractivity contribution < 1.29 is 18.9 Å². The largest absolute Gasteiger partial charge is 0.493 e. The summed E-state index contributed by atoms with van der Waals surface area (Å²) in [7, 11) is 3.25. The van der Waals surface area contributed by atoms with Gasteiger partial charge in [0.05, 0.1) is 14.2 Å². The van der Waals surface area contributed by atoms with Crippen LogP contribution in [0.4, 0.5) is 0 Å². The van der Waals surface area contributed by atoms with Gasteiger partial charge in [0.2, 0.25) is 11.6 Å². The highest BCUT2D eigenvalue weighted by atomic mass is 16.6. The lowest BCUT2D eigenvalue weighted by molar-refractivity contribution is 0.165. The zero-order valence-corrected chi connectivity index (χ0v) is 13.3. The number of pyridine rings is 1. The standard InChI is InChI=1S/C17H20N2O4/c1-20-14-8-12(9-15-16(14)23-7-6-22-15)10-18-11-13-4-3-5-19-17(13)21-2/h3-5,8-9,18H,6-7,10-11H2,1-2H3. The monoisotopic (exact) mass is 316 g/mol. The predicted molar refractivity (Wildman–Crippen MR) is 85.3 cm³/mol. The van der Waals surface area contributed by atoms with Crippen molar-refractivity contribution in [3.05, 3.63) is 41.6 Å². The molecule has 1 aliphatic rings. The second-order valence-electron chi connectivity index (χ2n) is 5.10. The average molecular weight is 316 g/mol. The molecule has 1 aliphatic heterocycles. The molecule has 23 heavy (non-hydrogen) atoms. The first-order valence-electron chi connectivity index (χ1n) is 7.47. The topological polar surface area (TPSA) is 61.8 Å². The zero-order chi connectivity index (χ0) is 16.1. The van der Waals surface area contributed by atoms with E-state index >= 15 is 0 Å². The first kappa shape index (κ1) is 15.4. The Kier molecular flexibility index (Phi) is 4.83. The van der Waals surface area contributed by atoms with Gasteiger partial charge in [-0.05, 0) is 23.8 Å². The minimum atomic E-state index is 0.543. The Hall–Kier alpha value is -2.47. The van der Waals surface area contributed by atoms with Gasteiger partial charge in [-0.3, -0.25) is 0 Å². The maximum absolute atomic E-state index is 5.64. The van der Waals surface area contributed by atoms with Crippen LogP contribution in [-0.4, -0.2) is 32.4 Å². The Morgan fingerprint density at radius 1 is 1.13 bits per heavy atom. The Morgan fingerprint density at radius 3 is 2.83 bits per heavy atom. The van der Waals surface area contributed by atoms with Crippen molar-refractivity contribution in [2.75, 3.05) is 27.4 Å². The molecule has 6 nitrogen and oxygen atoms in total. The van der Waals surface area contributed by atoms with Crippen LogP contribution in [-0.2, 0) is 13.1 Å².